The number of ether oxygens (including phenoxy) is 1. The van der Waals surface area contributed by atoms with E-state index in [1.165, 1.54) is 26.2 Å². The SMILES string of the molecule is COC(=O)C(C)C(O)c1cc(C)ccc1F. The average Bonchev–Trinajstić information content (AvgIpc) is 2.29. The van der Waals surface area contributed by atoms with Crippen LogP contribution in [0.2, 0.25) is 0 Å². The van der Waals surface area contributed by atoms with E-state index < -0.39 is 23.8 Å². The Labute approximate surface area is 93.9 Å². The molecule has 16 heavy (non-hydrogen) atoms. The molecule has 4 heteroatoms. The van der Waals surface area contributed by atoms with E-state index in [1.54, 1.807) is 13.0 Å². The molecule has 0 spiro atoms. The number of benzene rings is 1. The molecule has 0 amide bonds. The largest absolute Gasteiger partial charge is 0.469 e. The fourth-order valence-corrected chi connectivity index (χ4v) is 1.47. The molecule has 2 unspecified atom stereocenters. The third-order valence-electron chi connectivity index (χ3n) is 2.52. The Kier molecular flexibility index (Phi) is 4.01. The van der Waals surface area contributed by atoms with Crippen molar-refractivity contribution in [3.8, 4) is 0 Å². The molecule has 1 rings (SSSR count). The van der Waals surface area contributed by atoms with Gasteiger partial charge in [-0.2, -0.15) is 0 Å². The molecule has 0 aliphatic carbocycles. The number of hydrogen-bond acceptors (Lipinski definition) is 3. The van der Waals surface area contributed by atoms with Crippen molar-refractivity contribution in [1.82, 2.24) is 0 Å². The van der Waals surface area contributed by atoms with E-state index in [0.717, 1.165) is 5.56 Å². The molecular formula is C12H15FO3. The topological polar surface area (TPSA) is 46.5 Å². The van der Waals surface area contributed by atoms with Gasteiger partial charge in [0.05, 0.1) is 19.1 Å². The number of methoxy groups -OCH3 is 1. The number of halogens is 1. The van der Waals surface area contributed by atoms with Crippen molar-refractivity contribution in [2.75, 3.05) is 7.11 Å². The van der Waals surface area contributed by atoms with Crippen molar-refractivity contribution in [2.24, 2.45) is 5.92 Å². The maximum absolute atomic E-state index is 13.4. The van der Waals surface area contributed by atoms with Crippen molar-refractivity contribution < 1.29 is 19.0 Å². The Hall–Kier alpha value is -1.42. The number of esters is 1. The lowest BCUT2D eigenvalue weighted by Gasteiger charge is -2.17. The second-order valence-electron chi connectivity index (χ2n) is 3.78. The van der Waals surface area contributed by atoms with E-state index in [0.29, 0.717) is 0 Å². The van der Waals surface area contributed by atoms with Gasteiger partial charge < -0.3 is 9.84 Å². The van der Waals surface area contributed by atoms with Crippen LogP contribution in [0.5, 0.6) is 0 Å². The lowest BCUT2D eigenvalue weighted by molar-refractivity contribution is -0.148. The molecule has 2 atom stereocenters. The summed E-state index contributed by atoms with van der Waals surface area (Å²) in [5.41, 5.74) is 0.949. The highest BCUT2D eigenvalue weighted by atomic mass is 19.1. The maximum atomic E-state index is 13.4. The van der Waals surface area contributed by atoms with Crippen LogP contribution in [0.25, 0.3) is 0 Å². The Morgan fingerprint density at radius 1 is 1.50 bits per heavy atom. The van der Waals surface area contributed by atoms with E-state index in [4.69, 9.17) is 0 Å². The lowest BCUT2D eigenvalue weighted by Crippen LogP contribution is -2.21. The van der Waals surface area contributed by atoms with Gasteiger partial charge in [0, 0.05) is 5.56 Å². The minimum atomic E-state index is -1.19. The summed E-state index contributed by atoms with van der Waals surface area (Å²) in [6, 6.07) is 4.41. The zero-order valence-electron chi connectivity index (χ0n) is 9.53. The Morgan fingerprint density at radius 3 is 2.69 bits per heavy atom. The molecule has 1 aromatic rings. The summed E-state index contributed by atoms with van der Waals surface area (Å²) in [6.07, 6.45) is -1.19. The molecule has 3 nitrogen and oxygen atoms in total. The van der Waals surface area contributed by atoms with Crippen molar-refractivity contribution in [3.05, 3.63) is 35.1 Å². The number of carbonyl (C=O) groups is 1. The number of hydrogen-bond donors (Lipinski definition) is 1. The first-order valence-corrected chi connectivity index (χ1v) is 4.99. The van der Waals surface area contributed by atoms with E-state index >= 15 is 0 Å². The fourth-order valence-electron chi connectivity index (χ4n) is 1.47. The first-order chi connectivity index (χ1) is 7.47. The molecule has 1 aromatic carbocycles. The summed E-state index contributed by atoms with van der Waals surface area (Å²) in [5, 5.41) is 9.86. The zero-order valence-corrected chi connectivity index (χ0v) is 9.53. The van der Waals surface area contributed by atoms with Crippen LogP contribution in [-0.2, 0) is 9.53 Å². The van der Waals surface area contributed by atoms with Gasteiger partial charge in [0.2, 0.25) is 0 Å². The summed E-state index contributed by atoms with van der Waals surface area (Å²) < 4.78 is 17.9. The summed E-state index contributed by atoms with van der Waals surface area (Å²) >= 11 is 0. The Balaban J connectivity index is 2.99. The third kappa shape index (κ3) is 2.58. The van der Waals surface area contributed by atoms with Crippen LogP contribution in [0.3, 0.4) is 0 Å². The molecule has 0 fully saturated rings. The van der Waals surface area contributed by atoms with Crippen LogP contribution in [0.15, 0.2) is 18.2 Å². The van der Waals surface area contributed by atoms with Gasteiger partial charge in [-0.3, -0.25) is 4.79 Å². The highest BCUT2D eigenvalue weighted by molar-refractivity contribution is 5.72. The number of aliphatic hydroxyl groups is 1. The van der Waals surface area contributed by atoms with Crippen LogP contribution in [0.4, 0.5) is 4.39 Å². The Bertz CT molecular complexity index is 390. The summed E-state index contributed by atoms with van der Waals surface area (Å²) in [5.74, 6) is -1.87. The number of rotatable bonds is 3. The second kappa shape index (κ2) is 5.07. The Morgan fingerprint density at radius 2 is 2.12 bits per heavy atom. The summed E-state index contributed by atoms with van der Waals surface area (Å²) in [4.78, 5) is 11.2. The molecule has 0 heterocycles. The third-order valence-corrected chi connectivity index (χ3v) is 2.52. The van der Waals surface area contributed by atoms with Gasteiger partial charge in [-0.1, -0.05) is 17.7 Å². The first-order valence-electron chi connectivity index (χ1n) is 4.99. The molecular weight excluding hydrogens is 211 g/mol. The predicted molar refractivity (Wildman–Crippen MR) is 57.3 cm³/mol. The van der Waals surface area contributed by atoms with Crippen LogP contribution in [0, 0.1) is 18.7 Å². The molecule has 0 bridgehead atoms. The molecule has 1 N–H and O–H groups in total. The zero-order chi connectivity index (χ0) is 12.3. The van der Waals surface area contributed by atoms with Crippen molar-refractivity contribution >= 4 is 5.97 Å². The van der Waals surface area contributed by atoms with E-state index in [1.807, 2.05) is 0 Å². The van der Waals surface area contributed by atoms with Crippen molar-refractivity contribution in [2.45, 2.75) is 20.0 Å². The molecule has 0 aromatic heterocycles. The molecule has 0 radical (unpaired) electrons. The molecule has 0 aliphatic heterocycles. The number of aliphatic hydroxyl groups excluding tert-OH is 1. The van der Waals surface area contributed by atoms with Crippen LogP contribution in [0.1, 0.15) is 24.2 Å². The van der Waals surface area contributed by atoms with Gasteiger partial charge >= 0.3 is 5.97 Å². The summed E-state index contributed by atoms with van der Waals surface area (Å²) in [6.45, 7) is 3.29. The number of aryl methyl sites for hydroxylation is 1. The summed E-state index contributed by atoms with van der Waals surface area (Å²) in [7, 11) is 1.23. The van der Waals surface area contributed by atoms with Gasteiger partial charge in [0.25, 0.3) is 0 Å². The van der Waals surface area contributed by atoms with Gasteiger partial charge in [-0.05, 0) is 19.9 Å². The quantitative estimate of drug-likeness (QED) is 0.801. The highest BCUT2D eigenvalue weighted by Crippen LogP contribution is 2.25. The van der Waals surface area contributed by atoms with Gasteiger partial charge in [-0.15, -0.1) is 0 Å². The van der Waals surface area contributed by atoms with Crippen LogP contribution in [-0.4, -0.2) is 18.2 Å². The van der Waals surface area contributed by atoms with E-state index in [9.17, 15) is 14.3 Å². The standard InChI is InChI=1S/C12H15FO3/c1-7-4-5-10(13)9(6-7)11(14)8(2)12(15)16-3/h4-6,8,11,14H,1-3H3. The maximum Gasteiger partial charge on any atom is 0.311 e. The van der Waals surface area contributed by atoms with Gasteiger partial charge in [0.1, 0.15) is 5.82 Å². The highest BCUT2D eigenvalue weighted by Gasteiger charge is 2.26. The number of carbonyl (C=O) groups excluding carboxylic acids is 1. The fraction of sp³-hybridized carbons (Fsp3) is 0.417. The van der Waals surface area contributed by atoms with Gasteiger partial charge in [0.15, 0.2) is 0 Å². The minimum Gasteiger partial charge on any atom is -0.469 e. The van der Waals surface area contributed by atoms with Crippen LogP contribution < -0.4 is 0 Å². The first kappa shape index (κ1) is 12.6. The normalized spacial score (nSPS) is 14.3. The van der Waals surface area contributed by atoms with Crippen LogP contribution >= 0.6 is 0 Å². The lowest BCUT2D eigenvalue weighted by atomic mass is 9.96. The minimum absolute atomic E-state index is 0.123. The molecule has 0 saturated heterocycles. The second-order valence-corrected chi connectivity index (χ2v) is 3.78. The van der Waals surface area contributed by atoms with E-state index in [-0.39, 0.29) is 5.56 Å². The molecule has 88 valence electrons. The smallest absolute Gasteiger partial charge is 0.311 e. The predicted octanol–water partition coefficient (Wildman–Crippen LogP) is 1.98. The van der Waals surface area contributed by atoms with Gasteiger partial charge in [-0.25, -0.2) is 4.39 Å². The van der Waals surface area contributed by atoms with Crippen molar-refractivity contribution in [1.29, 1.82) is 0 Å². The van der Waals surface area contributed by atoms with Crippen molar-refractivity contribution in [3.63, 3.8) is 0 Å². The average molecular weight is 226 g/mol. The molecule has 0 aliphatic rings. The molecule has 0 saturated carbocycles. The van der Waals surface area contributed by atoms with E-state index in [2.05, 4.69) is 4.74 Å². The monoisotopic (exact) mass is 226 g/mol.